The molecule has 1 aromatic rings. The summed E-state index contributed by atoms with van der Waals surface area (Å²) in [6.07, 6.45) is 5.83. The van der Waals surface area contributed by atoms with E-state index in [1.807, 2.05) is 23.9 Å². The minimum atomic E-state index is 0. The van der Waals surface area contributed by atoms with Crippen LogP contribution in [0, 0.1) is 0 Å². The number of rotatable bonds is 8. The summed E-state index contributed by atoms with van der Waals surface area (Å²) in [6, 6.07) is 4.33. The largest absolute Gasteiger partial charge is 0.493 e. The molecule has 0 spiro atoms. The Hall–Kier alpha value is -1.03. The molecule has 2 unspecified atom stereocenters. The SMILES string of the molecule is CCNC(=NCc1ccc(OC)c(OC)c1OC)NC1CCC(SC)C1.I. The lowest BCUT2D eigenvalue weighted by molar-refractivity contribution is 0.322. The average Bonchev–Trinajstić information content (AvgIpc) is 3.12. The number of aliphatic imine (C=N–C) groups is 1. The van der Waals surface area contributed by atoms with Gasteiger partial charge in [0.15, 0.2) is 17.5 Å². The van der Waals surface area contributed by atoms with E-state index in [1.54, 1.807) is 21.3 Å². The molecule has 0 radical (unpaired) electrons. The molecule has 0 aromatic heterocycles. The van der Waals surface area contributed by atoms with Crippen molar-refractivity contribution in [1.29, 1.82) is 0 Å². The van der Waals surface area contributed by atoms with E-state index in [4.69, 9.17) is 19.2 Å². The van der Waals surface area contributed by atoms with Crippen LogP contribution in [0.4, 0.5) is 0 Å². The molecule has 2 atom stereocenters. The number of thioether (sulfide) groups is 1. The van der Waals surface area contributed by atoms with Crippen molar-refractivity contribution in [3.05, 3.63) is 17.7 Å². The van der Waals surface area contributed by atoms with E-state index in [-0.39, 0.29) is 24.0 Å². The lowest BCUT2D eigenvalue weighted by Crippen LogP contribution is -2.42. The van der Waals surface area contributed by atoms with Gasteiger partial charge in [-0.25, -0.2) is 4.99 Å². The van der Waals surface area contributed by atoms with Crippen LogP contribution in [0.1, 0.15) is 31.7 Å². The van der Waals surface area contributed by atoms with Crippen molar-refractivity contribution in [2.24, 2.45) is 4.99 Å². The van der Waals surface area contributed by atoms with Gasteiger partial charge in [0.25, 0.3) is 0 Å². The molecule has 0 saturated heterocycles. The number of hydrogen-bond acceptors (Lipinski definition) is 5. The fraction of sp³-hybridized carbons (Fsp3) is 0.632. The van der Waals surface area contributed by atoms with Crippen LogP contribution < -0.4 is 24.8 Å². The zero-order valence-corrected chi connectivity index (χ0v) is 20.0. The third-order valence-corrected chi connectivity index (χ3v) is 5.69. The van der Waals surface area contributed by atoms with Gasteiger partial charge in [0.05, 0.1) is 27.9 Å². The van der Waals surface area contributed by atoms with E-state index in [1.165, 1.54) is 19.3 Å². The molecule has 1 aromatic carbocycles. The number of methoxy groups -OCH3 is 3. The van der Waals surface area contributed by atoms with Gasteiger partial charge in [-0.1, -0.05) is 0 Å². The second-order valence-electron chi connectivity index (χ2n) is 6.20. The second kappa shape index (κ2) is 12.4. The van der Waals surface area contributed by atoms with Crippen LogP contribution >= 0.6 is 35.7 Å². The highest BCUT2D eigenvalue weighted by molar-refractivity contribution is 14.0. The molecular formula is C19H32IN3O3S. The summed E-state index contributed by atoms with van der Waals surface area (Å²) in [6.45, 7) is 3.40. The van der Waals surface area contributed by atoms with Crippen molar-refractivity contribution >= 4 is 41.7 Å². The first kappa shape index (κ1) is 24.0. The predicted molar refractivity (Wildman–Crippen MR) is 124 cm³/mol. The Morgan fingerprint density at radius 2 is 1.89 bits per heavy atom. The third-order valence-electron chi connectivity index (χ3n) is 4.60. The fourth-order valence-corrected chi connectivity index (χ4v) is 4.05. The normalized spacial score (nSPS) is 19.2. The van der Waals surface area contributed by atoms with Gasteiger partial charge in [0.2, 0.25) is 5.75 Å². The highest BCUT2D eigenvalue weighted by Crippen LogP contribution is 2.40. The minimum absolute atomic E-state index is 0. The van der Waals surface area contributed by atoms with Crippen LogP contribution in [0.3, 0.4) is 0 Å². The molecule has 1 fully saturated rings. The van der Waals surface area contributed by atoms with Crippen LogP contribution in [-0.2, 0) is 6.54 Å². The van der Waals surface area contributed by atoms with E-state index in [0.717, 1.165) is 23.3 Å². The van der Waals surface area contributed by atoms with Crippen LogP contribution in [0.2, 0.25) is 0 Å². The molecule has 0 bridgehead atoms. The summed E-state index contributed by atoms with van der Waals surface area (Å²) >= 11 is 1.96. The van der Waals surface area contributed by atoms with Crippen molar-refractivity contribution in [3.63, 3.8) is 0 Å². The van der Waals surface area contributed by atoms with Crippen LogP contribution in [0.15, 0.2) is 17.1 Å². The standard InChI is InChI=1S/C19H31N3O3S.HI/c1-6-20-19(22-14-8-9-15(11-14)26-5)21-12-13-7-10-16(23-2)18(25-4)17(13)24-3;/h7,10,14-15H,6,8-9,11-12H2,1-5H3,(H2,20,21,22);1H. The molecule has 6 nitrogen and oxygen atoms in total. The van der Waals surface area contributed by atoms with Gasteiger partial charge in [-0.05, 0) is 44.6 Å². The summed E-state index contributed by atoms with van der Waals surface area (Å²) in [5, 5.41) is 7.66. The molecule has 1 aliphatic carbocycles. The maximum absolute atomic E-state index is 5.55. The number of halogens is 1. The van der Waals surface area contributed by atoms with Crippen molar-refractivity contribution < 1.29 is 14.2 Å². The molecule has 0 amide bonds. The minimum Gasteiger partial charge on any atom is -0.493 e. The fourth-order valence-electron chi connectivity index (χ4n) is 3.25. The molecule has 2 rings (SSSR count). The van der Waals surface area contributed by atoms with E-state index in [2.05, 4.69) is 23.8 Å². The van der Waals surface area contributed by atoms with E-state index in [9.17, 15) is 0 Å². The second-order valence-corrected chi connectivity index (χ2v) is 7.34. The molecule has 1 saturated carbocycles. The van der Waals surface area contributed by atoms with Gasteiger partial charge < -0.3 is 24.8 Å². The van der Waals surface area contributed by atoms with Gasteiger partial charge in [0, 0.05) is 23.4 Å². The Balaban J connectivity index is 0.00000364. The van der Waals surface area contributed by atoms with Gasteiger partial charge in [-0.3, -0.25) is 0 Å². The zero-order valence-electron chi connectivity index (χ0n) is 16.8. The quantitative estimate of drug-likeness (QED) is 0.317. The lowest BCUT2D eigenvalue weighted by Gasteiger charge is -2.18. The van der Waals surface area contributed by atoms with Gasteiger partial charge >= 0.3 is 0 Å². The average molecular weight is 509 g/mol. The van der Waals surface area contributed by atoms with Crippen molar-refractivity contribution in [1.82, 2.24) is 10.6 Å². The Bertz CT molecular complexity index is 616. The predicted octanol–water partition coefficient (Wildman–Crippen LogP) is 3.67. The van der Waals surface area contributed by atoms with Crippen LogP contribution in [-0.4, -0.2) is 51.4 Å². The van der Waals surface area contributed by atoms with E-state index in [0.29, 0.717) is 29.8 Å². The number of benzene rings is 1. The van der Waals surface area contributed by atoms with Crippen LogP contribution in [0.5, 0.6) is 17.2 Å². The van der Waals surface area contributed by atoms with Crippen LogP contribution in [0.25, 0.3) is 0 Å². The Morgan fingerprint density at radius 1 is 1.15 bits per heavy atom. The topological polar surface area (TPSA) is 64.1 Å². The van der Waals surface area contributed by atoms with Gasteiger partial charge in [0.1, 0.15) is 0 Å². The maximum atomic E-state index is 5.55. The smallest absolute Gasteiger partial charge is 0.203 e. The summed E-state index contributed by atoms with van der Waals surface area (Å²) in [7, 11) is 4.86. The monoisotopic (exact) mass is 509 g/mol. The molecule has 8 heteroatoms. The van der Waals surface area contributed by atoms with Gasteiger partial charge in [-0.15, -0.1) is 24.0 Å². The summed E-state index contributed by atoms with van der Waals surface area (Å²) < 4.78 is 16.3. The Kier molecular flexibility index (Phi) is 11.1. The van der Waals surface area contributed by atoms with Crippen molar-refractivity contribution in [2.75, 3.05) is 34.1 Å². The summed E-state index contributed by atoms with van der Waals surface area (Å²) in [4.78, 5) is 4.75. The van der Waals surface area contributed by atoms with Gasteiger partial charge in [-0.2, -0.15) is 11.8 Å². The molecule has 154 valence electrons. The molecule has 27 heavy (non-hydrogen) atoms. The van der Waals surface area contributed by atoms with E-state index >= 15 is 0 Å². The number of guanidine groups is 1. The molecule has 0 heterocycles. The third kappa shape index (κ3) is 6.51. The number of nitrogens with zero attached hydrogens (tertiary/aromatic N) is 1. The molecule has 1 aliphatic rings. The Labute approximate surface area is 184 Å². The maximum Gasteiger partial charge on any atom is 0.203 e. The number of ether oxygens (including phenoxy) is 3. The number of nitrogens with one attached hydrogen (secondary N) is 2. The molecular weight excluding hydrogens is 477 g/mol. The number of hydrogen-bond donors (Lipinski definition) is 2. The van der Waals surface area contributed by atoms with Crippen molar-refractivity contribution in [3.8, 4) is 17.2 Å². The van der Waals surface area contributed by atoms with Crippen molar-refractivity contribution in [2.45, 2.75) is 44.0 Å². The zero-order chi connectivity index (χ0) is 18.9. The first-order chi connectivity index (χ1) is 12.7. The highest BCUT2D eigenvalue weighted by Gasteiger charge is 2.24. The summed E-state index contributed by atoms with van der Waals surface area (Å²) in [5.74, 6) is 2.75. The first-order valence-electron chi connectivity index (χ1n) is 9.02. The first-order valence-corrected chi connectivity index (χ1v) is 10.3. The summed E-state index contributed by atoms with van der Waals surface area (Å²) in [5.41, 5.74) is 0.954. The Morgan fingerprint density at radius 3 is 2.44 bits per heavy atom. The molecule has 0 aliphatic heterocycles. The highest BCUT2D eigenvalue weighted by atomic mass is 127. The lowest BCUT2D eigenvalue weighted by atomic mass is 10.1. The van der Waals surface area contributed by atoms with E-state index < -0.39 is 0 Å². The molecule has 2 N–H and O–H groups in total.